The van der Waals surface area contributed by atoms with E-state index in [0.717, 1.165) is 32.1 Å². The number of ether oxygens (including phenoxy) is 2. The normalized spacial score (nSPS) is 22.1. The Morgan fingerprint density at radius 2 is 1.13 bits per heavy atom. The summed E-state index contributed by atoms with van der Waals surface area (Å²) in [6, 6.07) is 0. The summed E-state index contributed by atoms with van der Waals surface area (Å²) in [4.78, 5) is 53.3. The van der Waals surface area contributed by atoms with E-state index in [1.54, 1.807) is 0 Å². The van der Waals surface area contributed by atoms with Crippen LogP contribution in [0.15, 0.2) is 0 Å². The van der Waals surface area contributed by atoms with E-state index in [4.69, 9.17) is 34.7 Å². The van der Waals surface area contributed by atoms with E-state index >= 15 is 0 Å². The molecule has 0 aliphatic heterocycles. The quantitative estimate of drug-likeness (QED) is 0.0242. The fourth-order valence-corrected chi connectivity index (χ4v) is 6.62. The summed E-state index contributed by atoms with van der Waals surface area (Å²) < 4.78 is 48.3. The van der Waals surface area contributed by atoms with Gasteiger partial charge < -0.3 is 44.6 Å². The predicted molar refractivity (Wildman–Crippen MR) is 193 cm³/mol. The molecule has 0 saturated heterocycles. The zero-order valence-corrected chi connectivity index (χ0v) is 31.9. The molecule has 1 saturated carbocycles. The summed E-state index contributed by atoms with van der Waals surface area (Å²) in [5.41, 5.74) is 0. The number of unbranched alkanes of at least 4 members (excludes halogenated alkanes) is 12. The number of aliphatic hydroxyl groups excluding tert-OH is 4. The summed E-state index contributed by atoms with van der Waals surface area (Å²) in [7, 11) is -10.7. The third-order valence-corrected chi connectivity index (χ3v) is 9.28. The molecule has 18 heteroatoms. The van der Waals surface area contributed by atoms with Crippen LogP contribution >= 0.6 is 15.6 Å². The number of carbonyl (C=O) groups is 2. The molecule has 0 bridgehead atoms. The minimum Gasteiger partial charge on any atom is -0.456 e. The summed E-state index contributed by atoms with van der Waals surface area (Å²) in [5, 5.41) is 40.8. The van der Waals surface area contributed by atoms with Crippen LogP contribution in [-0.2, 0) is 41.8 Å². The number of esters is 2. The fraction of sp³-hybridized carbons (Fsp3) is 0.667. The first-order valence-corrected chi connectivity index (χ1v) is 20.6. The maximum atomic E-state index is 12.8. The Morgan fingerprint density at radius 1 is 0.648 bits per heavy atom. The van der Waals surface area contributed by atoms with Crippen molar-refractivity contribution in [3.8, 4) is 59.7 Å². The standard InChI is InChI=1S/C36H50O16P2/c1-3-5-7-9-11-13-14-15-16-17-19-21-23-25-30(38)50-28(26-48-29(37)24-22-20-18-12-10-8-6-4-2)27-49-54(46,47)52-36-33(41)31(39)32(40)35(34(36)42)51-53(43,44)45/h2,28,31-36,39-42H,3,5,7,9,11,13-17,19,21,23,25-27H2,1H3,(H,46,47)(H2,43,44,45)/t28-,31+,32+,33?,34-,35?,36?/m0/s1. The second-order valence-electron chi connectivity index (χ2n) is 12.2. The molecule has 4 unspecified atom stereocenters. The maximum Gasteiger partial charge on any atom is 0.472 e. The van der Waals surface area contributed by atoms with E-state index < -0.39 is 83.5 Å². The Balaban J connectivity index is 2.79. The van der Waals surface area contributed by atoms with Crippen LogP contribution in [0, 0.1) is 59.7 Å². The molecule has 0 amide bonds. The molecule has 0 aromatic carbocycles. The molecule has 0 aromatic rings. The van der Waals surface area contributed by atoms with Gasteiger partial charge in [-0.15, -0.1) is 6.42 Å². The van der Waals surface area contributed by atoms with Crippen LogP contribution in [0.5, 0.6) is 0 Å². The average Bonchev–Trinajstić information content (AvgIpc) is 3.11. The lowest BCUT2D eigenvalue weighted by atomic mass is 9.85. The predicted octanol–water partition coefficient (Wildman–Crippen LogP) is 2.01. The number of carbonyl (C=O) groups excluding carboxylic acids is 2. The van der Waals surface area contributed by atoms with Gasteiger partial charge >= 0.3 is 27.6 Å². The van der Waals surface area contributed by atoms with Crippen molar-refractivity contribution >= 4 is 27.6 Å². The van der Waals surface area contributed by atoms with Crippen molar-refractivity contribution in [3.63, 3.8) is 0 Å². The SMILES string of the molecule is C#CC#CC#CC#CC#CC(=O)OC[C@@H](COP(=O)(O)OC1C(O)[C@H](O)[C@@H](O)C(OP(=O)(O)O)[C@@H]1O)OC(=O)CCCCCCCCCCCCCCC. The molecule has 0 radical (unpaired) electrons. The molecule has 54 heavy (non-hydrogen) atoms. The van der Waals surface area contributed by atoms with Crippen molar-refractivity contribution in [1.82, 2.24) is 0 Å². The average molecular weight is 801 g/mol. The molecule has 0 spiro atoms. The Labute approximate surface area is 316 Å². The number of rotatable bonds is 24. The van der Waals surface area contributed by atoms with E-state index in [-0.39, 0.29) is 6.42 Å². The molecule has 0 aromatic heterocycles. The van der Waals surface area contributed by atoms with Crippen molar-refractivity contribution in [1.29, 1.82) is 0 Å². The van der Waals surface area contributed by atoms with E-state index in [1.165, 1.54) is 44.9 Å². The van der Waals surface area contributed by atoms with Crippen molar-refractivity contribution < 1.29 is 76.9 Å². The zero-order valence-electron chi connectivity index (χ0n) is 30.1. The lowest BCUT2D eigenvalue weighted by Gasteiger charge is -2.43. The van der Waals surface area contributed by atoms with Gasteiger partial charge in [-0.3, -0.25) is 18.4 Å². The van der Waals surface area contributed by atoms with Crippen LogP contribution in [0.4, 0.5) is 0 Å². The maximum absolute atomic E-state index is 12.8. The van der Waals surface area contributed by atoms with E-state index in [9.17, 15) is 44.0 Å². The first kappa shape index (κ1) is 48.8. The van der Waals surface area contributed by atoms with Crippen LogP contribution in [0.3, 0.4) is 0 Å². The molecule has 1 rings (SSSR count). The third kappa shape index (κ3) is 22.2. The Bertz CT molecular complexity index is 1560. The topological polar surface area (TPSA) is 256 Å². The fourth-order valence-electron chi connectivity index (χ4n) is 5.08. The van der Waals surface area contributed by atoms with Crippen LogP contribution in [0.1, 0.15) is 96.8 Å². The summed E-state index contributed by atoms with van der Waals surface area (Å²) >= 11 is 0. The number of hydrogen-bond donors (Lipinski definition) is 7. The van der Waals surface area contributed by atoms with E-state index in [0.29, 0.717) is 6.42 Å². The van der Waals surface area contributed by atoms with Crippen molar-refractivity contribution in [2.75, 3.05) is 13.2 Å². The number of phosphoric ester groups is 2. The van der Waals surface area contributed by atoms with Gasteiger partial charge in [-0.05, 0) is 53.8 Å². The number of terminal acetylenes is 1. The molecule has 1 aliphatic rings. The van der Waals surface area contributed by atoms with Gasteiger partial charge in [-0.1, -0.05) is 84.0 Å². The molecule has 1 aliphatic carbocycles. The van der Waals surface area contributed by atoms with Crippen LogP contribution < -0.4 is 0 Å². The van der Waals surface area contributed by atoms with Crippen molar-refractivity contribution in [3.05, 3.63) is 0 Å². The minimum atomic E-state index is -5.38. The molecular formula is C36H50O16P2. The van der Waals surface area contributed by atoms with E-state index in [2.05, 4.69) is 58.8 Å². The monoisotopic (exact) mass is 800 g/mol. The number of aliphatic hydroxyl groups is 4. The van der Waals surface area contributed by atoms with Gasteiger partial charge in [0.25, 0.3) is 0 Å². The number of phosphoric acid groups is 2. The van der Waals surface area contributed by atoms with Gasteiger partial charge in [-0.2, -0.15) is 0 Å². The highest BCUT2D eigenvalue weighted by Crippen LogP contribution is 2.49. The molecule has 8 atom stereocenters. The molecular weight excluding hydrogens is 750 g/mol. The molecule has 1 fully saturated rings. The summed E-state index contributed by atoms with van der Waals surface area (Å²) in [6.45, 7) is 0.531. The highest BCUT2D eigenvalue weighted by molar-refractivity contribution is 7.47. The van der Waals surface area contributed by atoms with Crippen LogP contribution in [0.2, 0.25) is 0 Å². The summed E-state index contributed by atoms with van der Waals surface area (Å²) in [5.74, 6) is 18.2. The van der Waals surface area contributed by atoms with Gasteiger partial charge in [0.05, 0.1) is 6.61 Å². The lowest BCUT2D eigenvalue weighted by Crippen LogP contribution is -2.64. The molecule has 0 heterocycles. The summed E-state index contributed by atoms with van der Waals surface area (Å²) in [6.07, 6.45) is 3.94. The minimum absolute atomic E-state index is 0.0285. The van der Waals surface area contributed by atoms with Gasteiger partial charge in [0.2, 0.25) is 0 Å². The van der Waals surface area contributed by atoms with Gasteiger partial charge in [-0.25, -0.2) is 13.9 Å². The highest BCUT2D eigenvalue weighted by Gasteiger charge is 2.54. The lowest BCUT2D eigenvalue weighted by molar-refractivity contribution is -0.216. The third-order valence-electron chi connectivity index (χ3n) is 7.78. The first-order chi connectivity index (χ1) is 25.6. The molecule has 300 valence electrons. The van der Waals surface area contributed by atoms with Gasteiger partial charge in [0.15, 0.2) is 6.10 Å². The number of hydrogen-bond acceptors (Lipinski definition) is 13. The Hall–Kier alpha value is -3.20. The van der Waals surface area contributed by atoms with Gasteiger partial charge in [0, 0.05) is 12.3 Å². The van der Waals surface area contributed by atoms with E-state index in [1.807, 2.05) is 5.92 Å². The van der Waals surface area contributed by atoms with Crippen LogP contribution in [-0.4, -0.2) is 103 Å². The second-order valence-corrected chi connectivity index (χ2v) is 14.8. The van der Waals surface area contributed by atoms with Crippen molar-refractivity contribution in [2.45, 2.75) is 140 Å². The van der Waals surface area contributed by atoms with Crippen molar-refractivity contribution in [2.24, 2.45) is 0 Å². The highest BCUT2D eigenvalue weighted by atomic mass is 31.2. The first-order valence-electron chi connectivity index (χ1n) is 17.6. The smallest absolute Gasteiger partial charge is 0.456 e. The van der Waals surface area contributed by atoms with Crippen LogP contribution in [0.25, 0.3) is 0 Å². The second kappa shape index (κ2) is 27.4. The molecule has 7 N–H and O–H groups in total. The van der Waals surface area contributed by atoms with Gasteiger partial charge in [0.1, 0.15) is 43.2 Å². The Morgan fingerprint density at radius 3 is 1.65 bits per heavy atom. The Kier molecular flexibility index (Phi) is 24.8. The molecule has 16 nitrogen and oxygen atoms in total. The largest absolute Gasteiger partial charge is 0.472 e. The zero-order chi connectivity index (χ0) is 40.4.